The molecule has 4 rings (SSSR count). The molecule has 1 aromatic carbocycles. The van der Waals surface area contributed by atoms with Crippen molar-refractivity contribution >= 4 is 23.5 Å². The van der Waals surface area contributed by atoms with Gasteiger partial charge in [0.25, 0.3) is 5.91 Å². The predicted octanol–water partition coefficient (Wildman–Crippen LogP) is 1.98. The fraction of sp³-hybridized carbons (Fsp3) is 0.526. The molecule has 0 spiro atoms. The lowest BCUT2D eigenvalue weighted by molar-refractivity contribution is -0.157. The molecule has 1 saturated heterocycles. The van der Waals surface area contributed by atoms with Crippen LogP contribution in [0, 0.1) is 37.5 Å². The van der Waals surface area contributed by atoms with Crippen molar-refractivity contribution in [2.75, 3.05) is 11.9 Å². The molecule has 6 heteroatoms. The van der Waals surface area contributed by atoms with Gasteiger partial charge in [-0.3, -0.25) is 14.4 Å². The topological polar surface area (TPSA) is 81.7 Å². The van der Waals surface area contributed by atoms with Crippen LogP contribution in [0.3, 0.4) is 0 Å². The molecule has 6 nitrogen and oxygen atoms in total. The third kappa shape index (κ3) is 2.60. The smallest absolute Gasteiger partial charge is 0.310 e. The highest BCUT2D eigenvalue weighted by molar-refractivity contribution is 5.94. The van der Waals surface area contributed by atoms with Gasteiger partial charge in [0.1, 0.15) is 6.10 Å². The Kier molecular flexibility index (Phi) is 3.78. The molecule has 5 atom stereocenters. The van der Waals surface area contributed by atoms with Crippen molar-refractivity contribution in [2.24, 2.45) is 23.7 Å². The van der Waals surface area contributed by atoms with E-state index in [1.807, 2.05) is 32.0 Å². The quantitative estimate of drug-likeness (QED) is 0.846. The van der Waals surface area contributed by atoms with Gasteiger partial charge in [-0.1, -0.05) is 18.2 Å². The van der Waals surface area contributed by atoms with Crippen molar-refractivity contribution in [1.29, 1.82) is 0 Å². The zero-order valence-electron chi connectivity index (χ0n) is 14.3. The Hall–Kier alpha value is -2.37. The second kappa shape index (κ2) is 5.86. The monoisotopic (exact) mass is 343 g/mol. The Morgan fingerprint density at radius 3 is 2.68 bits per heavy atom. The summed E-state index contributed by atoms with van der Waals surface area (Å²) in [5, 5.41) is 2.79. The number of aryl methyl sites for hydroxylation is 2. The highest BCUT2D eigenvalue weighted by Crippen LogP contribution is 2.57. The molecule has 0 unspecified atom stereocenters. The minimum Gasteiger partial charge on any atom is -0.462 e. The van der Waals surface area contributed by atoms with Crippen LogP contribution in [0.2, 0.25) is 0 Å². The van der Waals surface area contributed by atoms with E-state index in [1.54, 1.807) is 0 Å². The van der Waals surface area contributed by atoms with Crippen LogP contribution in [0.25, 0.3) is 0 Å². The van der Waals surface area contributed by atoms with Gasteiger partial charge in [-0.25, -0.2) is 0 Å². The van der Waals surface area contributed by atoms with Gasteiger partial charge in [0.2, 0.25) is 0 Å². The largest absolute Gasteiger partial charge is 0.462 e. The molecule has 1 amide bonds. The van der Waals surface area contributed by atoms with Crippen molar-refractivity contribution in [3.8, 4) is 0 Å². The van der Waals surface area contributed by atoms with Crippen LogP contribution in [0.1, 0.15) is 24.0 Å². The maximum Gasteiger partial charge on any atom is 0.310 e. The number of carbonyl (C=O) groups excluding carboxylic acids is 3. The first-order chi connectivity index (χ1) is 12.0. The fourth-order valence-corrected chi connectivity index (χ4v) is 4.75. The van der Waals surface area contributed by atoms with Crippen LogP contribution >= 0.6 is 0 Å². The second-order valence-electron chi connectivity index (χ2n) is 7.34. The minimum atomic E-state index is -0.454. The molecule has 2 bridgehead atoms. The zero-order chi connectivity index (χ0) is 17.7. The van der Waals surface area contributed by atoms with Crippen LogP contribution in [0.15, 0.2) is 18.2 Å². The Morgan fingerprint density at radius 1 is 1.24 bits per heavy atom. The van der Waals surface area contributed by atoms with E-state index < -0.39 is 11.9 Å². The summed E-state index contributed by atoms with van der Waals surface area (Å²) >= 11 is 0. The Labute approximate surface area is 145 Å². The predicted molar refractivity (Wildman–Crippen MR) is 88.6 cm³/mol. The van der Waals surface area contributed by atoms with Gasteiger partial charge in [0.05, 0.1) is 11.8 Å². The van der Waals surface area contributed by atoms with E-state index in [0.717, 1.165) is 29.7 Å². The van der Waals surface area contributed by atoms with Crippen LogP contribution in [-0.4, -0.2) is 30.6 Å². The average molecular weight is 343 g/mol. The van der Waals surface area contributed by atoms with Gasteiger partial charge in [0, 0.05) is 11.6 Å². The maximum atomic E-state index is 12.4. The molecule has 2 aliphatic carbocycles. The molecule has 25 heavy (non-hydrogen) atoms. The van der Waals surface area contributed by atoms with Crippen molar-refractivity contribution in [2.45, 2.75) is 32.8 Å². The summed E-state index contributed by atoms with van der Waals surface area (Å²) in [6.45, 7) is 3.48. The summed E-state index contributed by atoms with van der Waals surface area (Å²) in [6, 6.07) is 5.74. The molecule has 0 radical (unpaired) electrons. The number of esters is 2. The normalized spacial score (nSPS) is 31.8. The maximum absolute atomic E-state index is 12.4. The number of benzene rings is 1. The molecule has 1 aromatic rings. The highest BCUT2D eigenvalue weighted by Gasteiger charge is 2.64. The number of carbonyl (C=O) groups is 3. The van der Waals surface area contributed by atoms with Gasteiger partial charge >= 0.3 is 11.9 Å². The highest BCUT2D eigenvalue weighted by atomic mass is 16.6. The van der Waals surface area contributed by atoms with Crippen molar-refractivity contribution in [3.63, 3.8) is 0 Å². The van der Waals surface area contributed by atoms with E-state index in [-0.39, 0.29) is 42.3 Å². The van der Waals surface area contributed by atoms with E-state index >= 15 is 0 Å². The minimum absolute atomic E-state index is 0.0149. The van der Waals surface area contributed by atoms with Gasteiger partial charge in [-0.2, -0.15) is 0 Å². The molecule has 1 aliphatic heterocycles. The first-order valence-corrected chi connectivity index (χ1v) is 8.69. The van der Waals surface area contributed by atoms with E-state index in [9.17, 15) is 14.4 Å². The molecular weight excluding hydrogens is 322 g/mol. The number of anilines is 1. The molecule has 1 heterocycles. The summed E-state index contributed by atoms with van der Waals surface area (Å²) in [5.41, 5.74) is 2.64. The first kappa shape index (κ1) is 16.1. The standard InChI is InChI=1S/C19H21NO5/c1-9-4-3-5-10(2)17(9)20-14(21)8-24-18(22)15-11-6-12-13(7-11)25-19(23)16(12)15/h3-5,11-13,15-16H,6-8H2,1-2H3,(H,20,21)/t11-,12-,13+,15-,16-/m0/s1. The van der Waals surface area contributed by atoms with Crippen LogP contribution in [-0.2, 0) is 23.9 Å². The van der Waals surface area contributed by atoms with Crippen molar-refractivity contribution in [1.82, 2.24) is 0 Å². The Balaban J connectivity index is 1.36. The number of amides is 1. The molecule has 1 N–H and O–H groups in total. The summed E-state index contributed by atoms with van der Waals surface area (Å²) in [7, 11) is 0. The molecule has 132 valence electrons. The van der Waals surface area contributed by atoms with E-state index in [0.29, 0.717) is 0 Å². The number of hydrogen-bond donors (Lipinski definition) is 1. The Bertz CT molecular complexity index is 736. The summed E-state index contributed by atoms with van der Waals surface area (Å²) in [5.74, 6) is -1.65. The van der Waals surface area contributed by atoms with E-state index in [1.165, 1.54) is 0 Å². The average Bonchev–Trinajstić information content (AvgIpc) is 3.18. The number of para-hydroxylation sites is 1. The van der Waals surface area contributed by atoms with Crippen molar-refractivity contribution < 1.29 is 23.9 Å². The molecule has 2 saturated carbocycles. The number of fused-ring (bicyclic) bond motifs is 1. The van der Waals surface area contributed by atoms with Gasteiger partial charge in [0.15, 0.2) is 6.61 Å². The molecule has 0 aromatic heterocycles. The molecule has 3 aliphatic rings. The van der Waals surface area contributed by atoms with Gasteiger partial charge in [-0.15, -0.1) is 0 Å². The summed E-state index contributed by atoms with van der Waals surface area (Å²) < 4.78 is 10.6. The summed E-state index contributed by atoms with van der Waals surface area (Å²) in [4.78, 5) is 36.5. The summed E-state index contributed by atoms with van der Waals surface area (Å²) in [6.07, 6.45) is 1.57. The lowest BCUT2D eigenvalue weighted by atomic mass is 9.80. The lowest BCUT2D eigenvalue weighted by Gasteiger charge is -2.22. The number of ether oxygens (including phenoxy) is 2. The fourth-order valence-electron chi connectivity index (χ4n) is 4.75. The number of hydrogen-bond acceptors (Lipinski definition) is 5. The van der Waals surface area contributed by atoms with E-state index in [2.05, 4.69) is 5.32 Å². The third-order valence-electron chi connectivity index (χ3n) is 5.85. The van der Waals surface area contributed by atoms with Crippen molar-refractivity contribution in [3.05, 3.63) is 29.3 Å². The SMILES string of the molecule is Cc1cccc(C)c1NC(=O)COC(=O)[C@H]1[C@H]2C[C@@H]3[C@@H]1C(=O)O[C@@H]3C2. The van der Waals surface area contributed by atoms with Crippen LogP contribution in [0.5, 0.6) is 0 Å². The van der Waals surface area contributed by atoms with Gasteiger partial charge < -0.3 is 14.8 Å². The van der Waals surface area contributed by atoms with Gasteiger partial charge in [-0.05, 0) is 43.7 Å². The van der Waals surface area contributed by atoms with E-state index in [4.69, 9.17) is 9.47 Å². The number of nitrogens with one attached hydrogen (secondary N) is 1. The molecular formula is C19H21NO5. The van der Waals surface area contributed by atoms with Crippen LogP contribution < -0.4 is 5.32 Å². The lowest BCUT2D eigenvalue weighted by Crippen LogP contribution is -2.35. The van der Waals surface area contributed by atoms with Crippen LogP contribution in [0.4, 0.5) is 5.69 Å². The first-order valence-electron chi connectivity index (χ1n) is 8.69. The second-order valence-corrected chi connectivity index (χ2v) is 7.34. The Morgan fingerprint density at radius 2 is 1.96 bits per heavy atom. The number of rotatable bonds is 4. The third-order valence-corrected chi connectivity index (χ3v) is 5.85. The molecule has 3 fully saturated rings. The zero-order valence-corrected chi connectivity index (χ0v) is 14.3.